The number of thiocarbonyl (C=S) groups is 1. The van der Waals surface area contributed by atoms with Crippen molar-refractivity contribution in [2.75, 3.05) is 11.9 Å². The van der Waals surface area contributed by atoms with E-state index in [1.54, 1.807) is 30.3 Å². The van der Waals surface area contributed by atoms with Gasteiger partial charge in [0.2, 0.25) is 0 Å². The molecule has 0 bridgehead atoms. The lowest BCUT2D eigenvalue weighted by Crippen LogP contribution is -2.37. The van der Waals surface area contributed by atoms with Crippen LogP contribution in [0.1, 0.15) is 5.56 Å². The summed E-state index contributed by atoms with van der Waals surface area (Å²) in [6.07, 6.45) is 0. The lowest BCUT2D eigenvalue weighted by molar-refractivity contribution is -0.121. The number of ether oxygens (including phenoxy) is 1. The largest absolute Gasteiger partial charge is 0.484 e. The first kappa shape index (κ1) is 17.5. The van der Waals surface area contributed by atoms with Gasteiger partial charge in [-0.05, 0) is 49.5 Å². The van der Waals surface area contributed by atoms with Gasteiger partial charge in [0.15, 0.2) is 11.7 Å². The molecule has 2 N–H and O–H groups in total. The van der Waals surface area contributed by atoms with Crippen LogP contribution in [0.5, 0.6) is 5.75 Å². The van der Waals surface area contributed by atoms with Crippen molar-refractivity contribution >= 4 is 52.1 Å². The van der Waals surface area contributed by atoms with Gasteiger partial charge in [-0.15, -0.1) is 0 Å². The van der Waals surface area contributed by atoms with Gasteiger partial charge in [-0.25, -0.2) is 0 Å². The highest BCUT2D eigenvalue weighted by molar-refractivity contribution is 7.80. The fourth-order valence-electron chi connectivity index (χ4n) is 1.69. The number of carbonyl (C=O) groups is 1. The van der Waals surface area contributed by atoms with E-state index in [9.17, 15) is 4.79 Å². The summed E-state index contributed by atoms with van der Waals surface area (Å²) < 4.78 is 5.37. The van der Waals surface area contributed by atoms with Gasteiger partial charge in [0.05, 0.1) is 10.7 Å². The van der Waals surface area contributed by atoms with Gasteiger partial charge in [-0.2, -0.15) is 0 Å². The Bertz CT molecular complexity index is 721. The average molecular weight is 369 g/mol. The predicted octanol–water partition coefficient (Wildman–Crippen LogP) is 4.19. The second-order valence-corrected chi connectivity index (χ2v) is 5.98. The van der Waals surface area contributed by atoms with Crippen molar-refractivity contribution < 1.29 is 9.53 Å². The molecule has 0 heterocycles. The summed E-state index contributed by atoms with van der Waals surface area (Å²) in [5.74, 6) is 0.249. The van der Waals surface area contributed by atoms with Gasteiger partial charge in [-0.3, -0.25) is 10.1 Å². The van der Waals surface area contributed by atoms with Crippen LogP contribution in [-0.4, -0.2) is 17.6 Å². The second kappa shape index (κ2) is 8.15. The molecule has 0 aliphatic rings. The molecule has 0 radical (unpaired) electrons. The number of hydrogen-bond acceptors (Lipinski definition) is 3. The Morgan fingerprint density at radius 2 is 1.87 bits per heavy atom. The highest BCUT2D eigenvalue weighted by Gasteiger charge is 2.08. The van der Waals surface area contributed by atoms with Crippen LogP contribution in [0.3, 0.4) is 0 Å². The van der Waals surface area contributed by atoms with Crippen LogP contribution in [0.2, 0.25) is 10.0 Å². The van der Waals surface area contributed by atoms with Crippen LogP contribution in [0.15, 0.2) is 42.5 Å². The summed E-state index contributed by atoms with van der Waals surface area (Å²) >= 11 is 16.9. The Balaban J connectivity index is 1.82. The Morgan fingerprint density at radius 1 is 1.17 bits per heavy atom. The number of halogens is 2. The maximum Gasteiger partial charge on any atom is 0.264 e. The molecule has 0 atom stereocenters. The number of hydrogen-bond donors (Lipinski definition) is 2. The molecule has 7 heteroatoms. The molecule has 0 aromatic heterocycles. The molecule has 2 aromatic rings. The van der Waals surface area contributed by atoms with E-state index in [0.29, 0.717) is 21.5 Å². The molecular weight excluding hydrogens is 355 g/mol. The van der Waals surface area contributed by atoms with E-state index in [1.165, 1.54) is 0 Å². The van der Waals surface area contributed by atoms with Crippen LogP contribution < -0.4 is 15.4 Å². The van der Waals surface area contributed by atoms with E-state index in [-0.39, 0.29) is 17.6 Å². The molecule has 120 valence electrons. The Morgan fingerprint density at radius 3 is 2.52 bits per heavy atom. The molecule has 0 aliphatic heterocycles. The van der Waals surface area contributed by atoms with Crippen molar-refractivity contribution in [3.63, 3.8) is 0 Å². The molecule has 0 aliphatic carbocycles. The minimum atomic E-state index is -0.367. The van der Waals surface area contributed by atoms with Crippen LogP contribution >= 0.6 is 35.4 Å². The highest BCUT2D eigenvalue weighted by atomic mass is 35.5. The zero-order valence-corrected chi connectivity index (χ0v) is 14.6. The van der Waals surface area contributed by atoms with Crippen molar-refractivity contribution in [1.82, 2.24) is 5.32 Å². The first-order chi connectivity index (χ1) is 10.9. The average Bonchev–Trinajstić information content (AvgIpc) is 2.49. The van der Waals surface area contributed by atoms with Gasteiger partial charge in [0, 0.05) is 5.02 Å². The topological polar surface area (TPSA) is 50.4 Å². The quantitative estimate of drug-likeness (QED) is 0.794. The number of nitrogens with one attached hydrogen (secondary N) is 2. The zero-order chi connectivity index (χ0) is 16.8. The molecule has 0 saturated heterocycles. The van der Waals surface area contributed by atoms with Crippen molar-refractivity contribution in [3.8, 4) is 5.75 Å². The van der Waals surface area contributed by atoms with E-state index < -0.39 is 0 Å². The standard InChI is InChI=1S/C16H14Cl2N2O2S/c1-10-2-5-12(6-3-10)22-9-15(21)20-16(23)19-14-7-4-11(17)8-13(14)18/h2-8H,9H2,1H3,(H2,19,20,21,23). The lowest BCUT2D eigenvalue weighted by Gasteiger charge is -2.11. The molecule has 2 aromatic carbocycles. The number of aryl methyl sites for hydroxylation is 1. The van der Waals surface area contributed by atoms with Gasteiger partial charge in [0.1, 0.15) is 5.75 Å². The highest BCUT2D eigenvalue weighted by Crippen LogP contribution is 2.25. The van der Waals surface area contributed by atoms with Crippen LogP contribution in [0.4, 0.5) is 5.69 Å². The zero-order valence-electron chi connectivity index (χ0n) is 12.2. The minimum absolute atomic E-state index is 0.131. The van der Waals surface area contributed by atoms with E-state index in [0.717, 1.165) is 5.56 Å². The molecule has 1 amide bonds. The summed E-state index contributed by atoms with van der Waals surface area (Å²) in [6, 6.07) is 12.3. The third-order valence-electron chi connectivity index (χ3n) is 2.82. The molecular formula is C16H14Cl2N2O2S. The summed E-state index contributed by atoms with van der Waals surface area (Å²) in [7, 11) is 0. The number of anilines is 1. The molecule has 4 nitrogen and oxygen atoms in total. The first-order valence-electron chi connectivity index (χ1n) is 6.69. The van der Waals surface area contributed by atoms with E-state index in [1.807, 2.05) is 19.1 Å². The van der Waals surface area contributed by atoms with E-state index in [2.05, 4.69) is 10.6 Å². The van der Waals surface area contributed by atoms with Crippen molar-refractivity contribution in [2.45, 2.75) is 6.92 Å². The van der Waals surface area contributed by atoms with Crippen molar-refractivity contribution in [1.29, 1.82) is 0 Å². The number of amides is 1. The molecule has 0 saturated carbocycles. The van der Waals surface area contributed by atoms with Gasteiger partial charge in [-0.1, -0.05) is 40.9 Å². The molecule has 23 heavy (non-hydrogen) atoms. The molecule has 0 fully saturated rings. The number of rotatable bonds is 4. The lowest BCUT2D eigenvalue weighted by atomic mass is 10.2. The third-order valence-corrected chi connectivity index (χ3v) is 3.58. The van der Waals surface area contributed by atoms with Gasteiger partial charge >= 0.3 is 0 Å². The van der Waals surface area contributed by atoms with E-state index >= 15 is 0 Å². The van der Waals surface area contributed by atoms with Crippen LogP contribution in [0, 0.1) is 6.92 Å². The maximum atomic E-state index is 11.8. The predicted molar refractivity (Wildman–Crippen MR) is 97.5 cm³/mol. The fourth-order valence-corrected chi connectivity index (χ4v) is 2.37. The van der Waals surface area contributed by atoms with Gasteiger partial charge < -0.3 is 10.1 Å². The number of carbonyl (C=O) groups excluding carboxylic acids is 1. The van der Waals surface area contributed by atoms with Crippen molar-refractivity contribution in [3.05, 3.63) is 58.1 Å². The summed E-state index contributed by atoms with van der Waals surface area (Å²) in [5.41, 5.74) is 1.67. The summed E-state index contributed by atoms with van der Waals surface area (Å²) in [4.78, 5) is 11.8. The Labute approximate surface area is 149 Å². The van der Waals surface area contributed by atoms with Crippen molar-refractivity contribution in [2.24, 2.45) is 0 Å². The Kier molecular flexibility index (Phi) is 6.21. The normalized spacial score (nSPS) is 10.0. The SMILES string of the molecule is Cc1ccc(OCC(=O)NC(=S)Nc2ccc(Cl)cc2Cl)cc1. The third kappa shape index (κ3) is 5.71. The summed E-state index contributed by atoms with van der Waals surface area (Å²) in [5, 5.41) is 6.40. The summed E-state index contributed by atoms with van der Waals surface area (Å²) in [6.45, 7) is 1.84. The minimum Gasteiger partial charge on any atom is -0.484 e. The van der Waals surface area contributed by atoms with Gasteiger partial charge in [0.25, 0.3) is 5.91 Å². The molecule has 0 spiro atoms. The monoisotopic (exact) mass is 368 g/mol. The smallest absolute Gasteiger partial charge is 0.264 e. The van der Waals surface area contributed by atoms with Crippen LogP contribution in [-0.2, 0) is 4.79 Å². The maximum absolute atomic E-state index is 11.8. The Hall–Kier alpha value is -1.82. The number of benzene rings is 2. The van der Waals surface area contributed by atoms with Crippen LogP contribution in [0.25, 0.3) is 0 Å². The second-order valence-electron chi connectivity index (χ2n) is 4.73. The first-order valence-corrected chi connectivity index (χ1v) is 7.86. The molecule has 0 unspecified atom stereocenters. The fraction of sp³-hybridized carbons (Fsp3) is 0.125. The molecule has 2 rings (SSSR count). The van der Waals surface area contributed by atoms with E-state index in [4.69, 9.17) is 40.2 Å².